The summed E-state index contributed by atoms with van der Waals surface area (Å²) in [7, 11) is 0. The molecular formula is C11H25N3O9. The van der Waals surface area contributed by atoms with E-state index in [1.54, 1.807) is 0 Å². The van der Waals surface area contributed by atoms with Crippen LogP contribution in [0.25, 0.3) is 0 Å². The summed E-state index contributed by atoms with van der Waals surface area (Å²) >= 11 is 0. The maximum absolute atomic E-state index is 9.85. The van der Waals surface area contributed by atoms with Gasteiger partial charge in [0.15, 0.2) is 0 Å². The molecule has 0 fully saturated rings. The van der Waals surface area contributed by atoms with Crippen LogP contribution < -0.4 is 17.2 Å². The molecule has 0 aromatic carbocycles. The number of aliphatic carboxylic acids is 3. The minimum absolute atomic E-state index is 0.120. The van der Waals surface area contributed by atoms with Crippen LogP contribution in [0.2, 0.25) is 0 Å². The second kappa shape index (κ2) is 16.5. The number of carboxylic acid groups (broad SMARTS) is 3. The molecule has 0 heterocycles. The van der Waals surface area contributed by atoms with Gasteiger partial charge in [-0.15, -0.1) is 0 Å². The highest BCUT2D eigenvalue weighted by Gasteiger charge is 2.09. The minimum Gasteiger partial charge on any atom is -0.480 e. The molecule has 0 rings (SSSR count). The lowest BCUT2D eigenvalue weighted by atomic mass is 10.2. The van der Waals surface area contributed by atoms with Crippen molar-refractivity contribution in [1.82, 2.24) is 0 Å². The Labute approximate surface area is 132 Å². The molecule has 0 unspecified atom stereocenters. The Kier molecular flexibility index (Phi) is 18.8. The van der Waals surface area contributed by atoms with Crippen LogP contribution >= 0.6 is 0 Å². The zero-order valence-electron chi connectivity index (χ0n) is 12.4. The van der Waals surface area contributed by atoms with Crippen LogP contribution in [0.1, 0.15) is 12.8 Å². The molecule has 12 heteroatoms. The highest BCUT2D eigenvalue weighted by molar-refractivity contribution is 5.73. The Morgan fingerprint density at radius 1 is 0.652 bits per heavy atom. The first-order valence-corrected chi connectivity index (χ1v) is 6.32. The summed E-state index contributed by atoms with van der Waals surface area (Å²) in [6.07, 6.45) is 0.241. The molecule has 0 saturated heterocycles. The van der Waals surface area contributed by atoms with Crippen molar-refractivity contribution in [1.29, 1.82) is 0 Å². The van der Waals surface area contributed by atoms with Gasteiger partial charge in [-0.25, -0.2) is 0 Å². The molecule has 0 bridgehead atoms. The van der Waals surface area contributed by atoms with E-state index in [1.807, 2.05) is 0 Å². The summed E-state index contributed by atoms with van der Waals surface area (Å²) in [5, 5.41) is 48.3. The predicted octanol–water partition coefficient (Wildman–Crippen LogP) is -4.05. The van der Waals surface area contributed by atoms with Crippen molar-refractivity contribution in [2.24, 2.45) is 17.2 Å². The van der Waals surface area contributed by atoms with Crippen molar-refractivity contribution >= 4 is 17.9 Å². The molecule has 0 aliphatic carbocycles. The Bertz CT molecular complexity index is 319. The van der Waals surface area contributed by atoms with Gasteiger partial charge in [0.05, 0.1) is 6.61 Å². The van der Waals surface area contributed by atoms with Crippen molar-refractivity contribution in [2.45, 2.75) is 31.0 Å². The van der Waals surface area contributed by atoms with Gasteiger partial charge in [-0.3, -0.25) is 14.4 Å². The SMILES string of the molecule is N[C@@H](CCO)C(=O)O.N[C@@H](CO)C(=O)O.N[C@H](CCO)C(=O)O. The maximum atomic E-state index is 9.85. The molecule has 3 atom stereocenters. The van der Waals surface area contributed by atoms with Crippen molar-refractivity contribution in [3.63, 3.8) is 0 Å². The first-order valence-electron chi connectivity index (χ1n) is 6.32. The van der Waals surface area contributed by atoms with E-state index in [0.29, 0.717) is 0 Å². The minimum atomic E-state index is -1.18. The summed E-state index contributed by atoms with van der Waals surface area (Å²) in [4.78, 5) is 29.4. The number of hydrogen-bond acceptors (Lipinski definition) is 9. The van der Waals surface area contributed by atoms with Gasteiger partial charge in [0.25, 0.3) is 0 Å². The molecule has 0 aromatic heterocycles. The molecule has 0 spiro atoms. The smallest absolute Gasteiger partial charge is 0.322 e. The van der Waals surface area contributed by atoms with Crippen molar-refractivity contribution in [3.05, 3.63) is 0 Å². The van der Waals surface area contributed by atoms with Crippen LogP contribution in [0.5, 0.6) is 0 Å². The first kappa shape index (κ1) is 26.1. The van der Waals surface area contributed by atoms with Gasteiger partial charge in [-0.2, -0.15) is 0 Å². The van der Waals surface area contributed by atoms with Gasteiger partial charge in [-0.05, 0) is 12.8 Å². The third-order valence-electron chi connectivity index (χ3n) is 2.03. The van der Waals surface area contributed by atoms with Crippen LogP contribution in [0.3, 0.4) is 0 Å². The number of aliphatic hydroxyl groups excluding tert-OH is 3. The Hall–Kier alpha value is -1.83. The molecular weight excluding hydrogens is 318 g/mol. The fraction of sp³-hybridized carbons (Fsp3) is 0.727. The van der Waals surface area contributed by atoms with E-state index < -0.39 is 42.6 Å². The highest BCUT2D eigenvalue weighted by atomic mass is 16.4. The van der Waals surface area contributed by atoms with Gasteiger partial charge in [0, 0.05) is 13.2 Å². The molecule has 0 aliphatic heterocycles. The van der Waals surface area contributed by atoms with E-state index in [0.717, 1.165) is 0 Å². The fourth-order valence-corrected chi connectivity index (χ4v) is 0.603. The lowest BCUT2D eigenvalue weighted by Gasteiger charge is -2.00. The van der Waals surface area contributed by atoms with Gasteiger partial charge in [0.1, 0.15) is 18.1 Å². The topological polar surface area (TPSA) is 251 Å². The molecule has 0 radical (unpaired) electrons. The van der Waals surface area contributed by atoms with Crippen molar-refractivity contribution in [3.8, 4) is 0 Å². The van der Waals surface area contributed by atoms with Crippen LogP contribution in [0.15, 0.2) is 0 Å². The molecule has 0 aliphatic rings. The number of hydrogen-bond donors (Lipinski definition) is 9. The molecule has 0 amide bonds. The molecule has 12 N–H and O–H groups in total. The third kappa shape index (κ3) is 20.2. The quantitative estimate of drug-likeness (QED) is 0.204. The summed E-state index contributed by atoms with van der Waals surface area (Å²) in [5.74, 6) is -3.32. The van der Waals surface area contributed by atoms with Crippen LogP contribution in [-0.2, 0) is 14.4 Å². The number of rotatable bonds is 8. The van der Waals surface area contributed by atoms with Crippen molar-refractivity contribution in [2.75, 3.05) is 19.8 Å². The number of carboxylic acids is 3. The number of carbonyl (C=O) groups is 3. The van der Waals surface area contributed by atoms with E-state index in [1.165, 1.54) is 0 Å². The zero-order chi connectivity index (χ0) is 19.0. The largest absolute Gasteiger partial charge is 0.480 e. The highest BCUT2D eigenvalue weighted by Crippen LogP contribution is 1.84. The number of nitrogens with two attached hydrogens (primary N) is 3. The van der Waals surface area contributed by atoms with Gasteiger partial charge < -0.3 is 47.8 Å². The first-order chi connectivity index (χ1) is 10.5. The van der Waals surface area contributed by atoms with Crippen LogP contribution in [-0.4, -0.2) is 86.5 Å². The Balaban J connectivity index is -0.000000262. The second-order valence-corrected chi connectivity index (χ2v) is 4.04. The summed E-state index contributed by atoms with van der Waals surface area (Å²) < 4.78 is 0. The Morgan fingerprint density at radius 3 is 0.957 bits per heavy atom. The van der Waals surface area contributed by atoms with Crippen LogP contribution in [0.4, 0.5) is 0 Å². The van der Waals surface area contributed by atoms with Crippen molar-refractivity contribution < 1.29 is 45.0 Å². The summed E-state index contributed by atoms with van der Waals surface area (Å²) in [6, 6.07) is -2.96. The van der Waals surface area contributed by atoms with E-state index in [-0.39, 0.29) is 26.1 Å². The number of aliphatic hydroxyl groups is 3. The lowest BCUT2D eigenvalue weighted by molar-refractivity contribution is -0.140. The van der Waals surface area contributed by atoms with Gasteiger partial charge >= 0.3 is 17.9 Å². The van der Waals surface area contributed by atoms with Gasteiger partial charge in [0.2, 0.25) is 0 Å². The molecule has 138 valence electrons. The Morgan fingerprint density at radius 2 is 0.913 bits per heavy atom. The second-order valence-electron chi connectivity index (χ2n) is 4.04. The molecule has 23 heavy (non-hydrogen) atoms. The van der Waals surface area contributed by atoms with Crippen LogP contribution in [0, 0.1) is 0 Å². The van der Waals surface area contributed by atoms with E-state index in [9.17, 15) is 14.4 Å². The normalized spacial score (nSPS) is 13.3. The summed E-state index contributed by atoms with van der Waals surface area (Å²) in [5.41, 5.74) is 14.7. The maximum Gasteiger partial charge on any atom is 0.322 e. The summed E-state index contributed by atoms with van der Waals surface area (Å²) in [6.45, 7) is -0.851. The molecule has 0 saturated carbocycles. The fourth-order valence-electron chi connectivity index (χ4n) is 0.603. The predicted molar refractivity (Wildman–Crippen MR) is 77.3 cm³/mol. The molecule has 0 aromatic rings. The van der Waals surface area contributed by atoms with E-state index in [2.05, 4.69) is 0 Å². The third-order valence-corrected chi connectivity index (χ3v) is 2.03. The van der Waals surface area contributed by atoms with E-state index in [4.69, 9.17) is 47.8 Å². The standard InChI is InChI=1S/2C4H9NO3.C3H7NO3/c2*5-3(1-2-6)4(7)8;4-2(1-5)3(6)7/h2*3,6H,1-2,5H2,(H,7,8);2,5H,1,4H2,(H,6,7)/t2*3-;2-/m100/s1. The average Bonchev–Trinajstić information content (AvgIpc) is 2.47. The van der Waals surface area contributed by atoms with E-state index >= 15 is 0 Å². The molecule has 12 nitrogen and oxygen atoms in total. The average molecular weight is 343 g/mol. The lowest BCUT2D eigenvalue weighted by Crippen LogP contribution is -2.33. The zero-order valence-corrected chi connectivity index (χ0v) is 12.4. The monoisotopic (exact) mass is 343 g/mol. The van der Waals surface area contributed by atoms with Gasteiger partial charge in [-0.1, -0.05) is 0 Å².